The van der Waals surface area contributed by atoms with Gasteiger partial charge in [-0.25, -0.2) is 9.18 Å². The van der Waals surface area contributed by atoms with Crippen LogP contribution in [0.25, 0.3) is 0 Å². The van der Waals surface area contributed by atoms with Crippen molar-refractivity contribution in [2.45, 2.75) is 6.92 Å². The molecule has 0 heterocycles. The number of aryl methyl sites for hydroxylation is 1. The molecule has 0 unspecified atom stereocenters. The number of hydrogen-bond donors (Lipinski definition) is 3. The molecule has 0 aromatic heterocycles. The molecular formula is C15H15FN2O3. The molecular weight excluding hydrogens is 275 g/mol. The van der Waals surface area contributed by atoms with Crippen molar-refractivity contribution in [2.24, 2.45) is 0 Å². The van der Waals surface area contributed by atoms with Crippen LogP contribution in [0.2, 0.25) is 0 Å². The lowest BCUT2D eigenvalue weighted by molar-refractivity contribution is 0.0698. The Hall–Kier alpha value is -2.76. The van der Waals surface area contributed by atoms with Gasteiger partial charge in [-0.2, -0.15) is 0 Å². The van der Waals surface area contributed by atoms with Gasteiger partial charge in [-0.05, 0) is 36.8 Å². The van der Waals surface area contributed by atoms with Crippen molar-refractivity contribution in [1.29, 1.82) is 0 Å². The number of benzene rings is 2. The predicted octanol–water partition coefficient (Wildman–Crippen LogP) is 3.17. The number of anilines is 3. The fourth-order valence-corrected chi connectivity index (χ4v) is 1.93. The Morgan fingerprint density at radius 2 is 2.00 bits per heavy atom. The maximum absolute atomic E-state index is 13.9. The molecule has 0 fully saturated rings. The third kappa shape index (κ3) is 3.05. The highest BCUT2D eigenvalue weighted by molar-refractivity contribution is 5.95. The molecule has 0 spiro atoms. The number of methoxy groups -OCH3 is 1. The Labute approximate surface area is 121 Å². The second kappa shape index (κ2) is 5.70. The minimum Gasteiger partial charge on any atom is -0.495 e. The number of carbonyl (C=O) groups is 1. The SMILES string of the molecule is COc1ccc(C)cc1Nc1cc(C(=O)O)c(N)cc1F. The van der Waals surface area contributed by atoms with E-state index in [4.69, 9.17) is 15.6 Å². The van der Waals surface area contributed by atoms with E-state index >= 15 is 0 Å². The van der Waals surface area contributed by atoms with Crippen molar-refractivity contribution in [2.75, 3.05) is 18.2 Å². The Morgan fingerprint density at radius 1 is 1.29 bits per heavy atom. The standard InChI is InChI=1S/C15H15FN2O3/c1-8-3-4-14(21-2)13(5-8)18-12-6-9(15(19)20)11(17)7-10(12)16/h3-7,18H,17H2,1-2H3,(H,19,20). The molecule has 0 aliphatic carbocycles. The van der Waals surface area contributed by atoms with E-state index in [1.54, 1.807) is 12.1 Å². The molecule has 6 heteroatoms. The second-order valence-electron chi connectivity index (χ2n) is 4.55. The number of rotatable bonds is 4. The Bertz CT molecular complexity index is 702. The lowest BCUT2D eigenvalue weighted by atomic mass is 10.1. The summed E-state index contributed by atoms with van der Waals surface area (Å²) in [6.45, 7) is 1.88. The number of nitrogen functional groups attached to an aromatic ring is 1. The highest BCUT2D eigenvalue weighted by Crippen LogP contribution is 2.31. The Balaban J connectivity index is 2.46. The number of halogens is 1. The first-order valence-corrected chi connectivity index (χ1v) is 6.16. The average molecular weight is 290 g/mol. The molecule has 2 aromatic rings. The fourth-order valence-electron chi connectivity index (χ4n) is 1.93. The monoisotopic (exact) mass is 290 g/mol. The molecule has 2 rings (SSSR count). The van der Waals surface area contributed by atoms with Crippen molar-refractivity contribution in [3.63, 3.8) is 0 Å². The van der Waals surface area contributed by atoms with Crippen LogP contribution in [0.5, 0.6) is 5.75 Å². The summed E-state index contributed by atoms with van der Waals surface area (Å²) in [5.41, 5.74) is 6.72. The summed E-state index contributed by atoms with van der Waals surface area (Å²) in [5.74, 6) is -1.33. The van der Waals surface area contributed by atoms with Gasteiger partial charge in [-0.15, -0.1) is 0 Å². The van der Waals surface area contributed by atoms with Crippen molar-refractivity contribution < 1.29 is 19.0 Å². The van der Waals surface area contributed by atoms with Crippen LogP contribution in [-0.4, -0.2) is 18.2 Å². The van der Waals surface area contributed by atoms with Crippen molar-refractivity contribution >= 4 is 23.0 Å². The van der Waals surface area contributed by atoms with Crippen molar-refractivity contribution in [3.05, 3.63) is 47.3 Å². The number of nitrogens with one attached hydrogen (secondary N) is 1. The predicted molar refractivity (Wildman–Crippen MR) is 78.8 cm³/mol. The summed E-state index contributed by atoms with van der Waals surface area (Å²) in [5, 5.41) is 11.9. The van der Waals surface area contributed by atoms with Gasteiger partial charge in [0.05, 0.1) is 24.0 Å². The van der Waals surface area contributed by atoms with Gasteiger partial charge in [-0.1, -0.05) is 6.07 Å². The molecule has 0 bridgehead atoms. The van der Waals surface area contributed by atoms with Gasteiger partial charge < -0.3 is 20.9 Å². The molecule has 0 saturated carbocycles. The maximum atomic E-state index is 13.9. The van der Waals surface area contributed by atoms with Gasteiger partial charge in [0.1, 0.15) is 11.6 Å². The van der Waals surface area contributed by atoms with E-state index in [1.807, 2.05) is 13.0 Å². The van der Waals surface area contributed by atoms with Crippen LogP contribution in [0.3, 0.4) is 0 Å². The van der Waals surface area contributed by atoms with Crippen molar-refractivity contribution in [1.82, 2.24) is 0 Å². The minimum atomic E-state index is -1.22. The number of hydrogen-bond acceptors (Lipinski definition) is 4. The molecule has 0 atom stereocenters. The summed E-state index contributed by atoms with van der Waals surface area (Å²) < 4.78 is 19.1. The molecule has 21 heavy (non-hydrogen) atoms. The van der Waals surface area contributed by atoms with Gasteiger partial charge in [0.2, 0.25) is 0 Å². The quantitative estimate of drug-likeness (QED) is 0.753. The fraction of sp³-hybridized carbons (Fsp3) is 0.133. The number of aromatic carboxylic acids is 1. The first-order valence-electron chi connectivity index (χ1n) is 6.16. The third-order valence-corrected chi connectivity index (χ3v) is 2.99. The van der Waals surface area contributed by atoms with Gasteiger partial charge in [-0.3, -0.25) is 0 Å². The van der Waals surface area contributed by atoms with E-state index in [2.05, 4.69) is 5.32 Å². The number of carboxylic acids is 1. The van der Waals surface area contributed by atoms with Crippen LogP contribution in [0.15, 0.2) is 30.3 Å². The smallest absolute Gasteiger partial charge is 0.337 e. The van der Waals surface area contributed by atoms with E-state index in [-0.39, 0.29) is 16.9 Å². The summed E-state index contributed by atoms with van der Waals surface area (Å²) >= 11 is 0. The number of carboxylic acid groups (broad SMARTS) is 1. The molecule has 2 aromatic carbocycles. The molecule has 110 valence electrons. The van der Waals surface area contributed by atoms with Gasteiger partial charge >= 0.3 is 5.97 Å². The van der Waals surface area contributed by atoms with Crippen LogP contribution in [0.1, 0.15) is 15.9 Å². The normalized spacial score (nSPS) is 10.2. The average Bonchev–Trinajstić information content (AvgIpc) is 2.41. The minimum absolute atomic E-state index is 0.0190. The van der Waals surface area contributed by atoms with Gasteiger partial charge in [0, 0.05) is 5.69 Å². The molecule has 5 nitrogen and oxygen atoms in total. The van der Waals surface area contributed by atoms with E-state index in [9.17, 15) is 9.18 Å². The van der Waals surface area contributed by atoms with Crippen LogP contribution < -0.4 is 15.8 Å². The third-order valence-electron chi connectivity index (χ3n) is 2.99. The second-order valence-corrected chi connectivity index (χ2v) is 4.55. The molecule has 0 aliphatic rings. The summed E-state index contributed by atoms with van der Waals surface area (Å²) in [4.78, 5) is 11.1. The molecule has 0 amide bonds. The highest BCUT2D eigenvalue weighted by Gasteiger charge is 2.14. The highest BCUT2D eigenvalue weighted by atomic mass is 19.1. The van der Waals surface area contributed by atoms with Crippen LogP contribution in [0.4, 0.5) is 21.5 Å². The van der Waals surface area contributed by atoms with Crippen LogP contribution >= 0.6 is 0 Å². The Kier molecular flexibility index (Phi) is 3.98. The lowest BCUT2D eigenvalue weighted by Gasteiger charge is -2.14. The van der Waals surface area contributed by atoms with Crippen LogP contribution in [-0.2, 0) is 0 Å². The van der Waals surface area contributed by atoms with E-state index in [0.717, 1.165) is 17.7 Å². The molecule has 0 radical (unpaired) electrons. The zero-order valence-corrected chi connectivity index (χ0v) is 11.6. The van der Waals surface area contributed by atoms with E-state index in [1.165, 1.54) is 7.11 Å². The first-order chi connectivity index (χ1) is 9.92. The number of ether oxygens (including phenoxy) is 1. The van der Waals surface area contributed by atoms with Gasteiger partial charge in [0.25, 0.3) is 0 Å². The first kappa shape index (κ1) is 14.6. The lowest BCUT2D eigenvalue weighted by Crippen LogP contribution is -2.06. The zero-order valence-electron chi connectivity index (χ0n) is 11.6. The molecule has 0 aliphatic heterocycles. The largest absolute Gasteiger partial charge is 0.495 e. The number of nitrogens with two attached hydrogens (primary N) is 1. The topological polar surface area (TPSA) is 84.6 Å². The Morgan fingerprint density at radius 3 is 2.62 bits per heavy atom. The zero-order chi connectivity index (χ0) is 15.6. The maximum Gasteiger partial charge on any atom is 0.337 e. The summed E-state index contributed by atoms with van der Waals surface area (Å²) in [6, 6.07) is 7.51. The molecule has 4 N–H and O–H groups in total. The van der Waals surface area contributed by atoms with E-state index in [0.29, 0.717) is 11.4 Å². The van der Waals surface area contributed by atoms with Crippen molar-refractivity contribution in [3.8, 4) is 5.75 Å². The van der Waals surface area contributed by atoms with Gasteiger partial charge in [0.15, 0.2) is 0 Å². The summed E-state index contributed by atoms with van der Waals surface area (Å²) in [6.07, 6.45) is 0. The van der Waals surface area contributed by atoms with E-state index < -0.39 is 11.8 Å². The van der Waals surface area contributed by atoms with Crippen LogP contribution in [0, 0.1) is 12.7 Å². The molecule has 0 saturated heterocycles. The summed E-state index contributed by atoms with van der Waals surface area (Å²) in [7, 11) is 1.50.